The lowest BCUT2D eigenvalue weighted by atomic mass is 10.0. The van der Waals surface area contributed by atoms with Crippen molar-refractivity contribution in [3.63, 3.8) is 0 Å². The molecule has 0 aliphatic carbocycles. The van der Waals surface area contributed by atoms with Gasteiger partial charge in [0.25, 0.3) is 26.1 Å². The van der Waals surface area contributed by atoms with Crippen LogP contribution in [0.3, 0.4) is 0 Å². The van der Waals surface area contributed by atoms with Crippen LogP contribution in [0.25, 0.3) is 10.4 Å². The average molecular weight is 598 g/mol. The van der Waals surface area contributed by atoms with Crippen LogP contribution in [0.2, 0.25) is 0 Å². The van der Waals surface area contributed by atoms with Gasteiger partial charge in [-0.25, -0.2) is 18.7 Å². The van der Waals surface area contributed by atoms with Crippen molar-refractivity contribution in [2.45, 2.75) is 42.2 Å². The summed E-state index contributed by atoms with van der Waals surface area (Å²) in [6.45, 7) is -0.258. The minimum Gasteiger partial charge on any atom is -0.350 e. The molecule has 1 N–H and O–H groups in total. The molecular formula is C24H31N5O7S3. The number of carbonyl (C=O) groups excluding carboxylic acids is 1. The van der Waals surface area contributed by atoms with Gasteiger partial charge in [-0.3, -0.25) is 4.79 Å². The van der Waals surface area contributed by atoms with E-state index in [-0.39, 0.29) is 30.3 Å². The smallest absolute Gasteiger partial charge is 0.281 e. The van der Waals surface area contributed by atoms with Gasteiger partial charge < -0.3 is 4.74 Å². The van der Waals surface area contributed by atoms with Crippen LogP contribution in [-0.2, 0) is 41.0 Å². The summed E-state index contributed by atoms with van der Waals surface area (Å²) in [6.07, 6.45) is 1.82. The zero-order valence-electron chi connectivity index (χ0n) is 21.6. The number of nitrogens with zero attached hydrogens (tertiary/aromatic N) is 4. The first-order chi connectivity index (χ1) is 18.6. The Kier molecular flexibility index (Phi) is 9.40. The van der Waals surface area contributed by atoms with Crippen molar-refractivity contribution in [2.75, 3.05) is 40.3 Å². The fourth-order valence-electron chi connectivity index (χ4n) is 4.40. The van der Waals surface area contributed by atoms with Crippen molar-refractivity contribution in [3.8, 4) is 16.5 Å². The number of hydrogen-bond donors (Lipinski definition) is 1. The molecule has 2 aliphatic heterocycles. The maximum atomic E-state index is 13.8. The highest BCUT2D eigenvalue weighted by atomic mass is 32.2. The first-order valence-electron chi connectivity index (χ1n) is 12.4. The quantitative estimate of drug-likeness (QED) is 0.428. The van der Waals surface area contributed by atoms with Gasteiger partial charge in [-0.15, -0.1) is 11.3 Å². The van der Waals surface area contributed by atoms with Crippen LogP contribution in [0.4, 0.5) is 0 Å². The van der Waals surface area contributed by atoms with Crippen LogP contribution in [-0.4, -0.2) is 88.3 Å². The maximum Gasteiger partial charge on any atom is 0.281 e. The van der Waals surface area contributed by atoms with Crippen LogP contribution in [0, 0.1) is 11.3 Å². The highest BCUT2D eigenvalue weighted by Gasteiger charge is 2.44. The minimum absolute atomic E-state index is 0.00232. The van der Waals surface area contributed by atoms with Gasteiger partial charge in [-0.05, 0) is 36.1 Å². The lowest BCUT2D eigenvalue weighted by molar-refractivity contribution is -0.202. The molecule has 1 aromatic heterocycles. The molecule has 1 aromatic carbocycles. The number of piperazine rings is 1. The Balaban J connectivity index is 1.61. The van der Waals surface area contributed by atoms with E-state index in [1.807, 2.05) is 24.3 Å². The summed E-state index contributed by atoms with van der Waals surface area (Å²) in [4.78, 5) is 19.3. The summed E-state index contributed by atoms with van der Waals surface area (Å²) in [6, 6.07) is 11.1. The third kappa shape index (κ3) is 6.50. The number of amides is 1. The van der Waals surface area contributed by atoms with E-state index in [2.05, 4.69) is 11.5 Å². The Morgan fingerprint density at radius 2 is 1.95 bits per heavy atom. The lowest BCUT2D eigenvalue weighted by Gasteiger charge is -2.39. The molecule has 0 radical (unpaired) electrons. The number of hydrogen-bond acceptors (Lipinski definition) is 9. The number of thiophene rings is 1. The maximum absolute atomic E-state index is 13.8. The fourth-order valence-corrected chi connectivity index (χ4v) is 8.57. The molecule has 15 heteroatoms. The van der Waals surface area contributed by atoms with E-state index in [1.165, 1.54) is 20.2 Å². The summed E-state index contributed by atoms with van der Waals surface area (Å²) in [7, 11) is -5.36. The number of hydroxylamine groups is 1. The second-order valence-electron chi connectivity index (χ2n) is 9.27. The summed E-state index contributed by atoms with van der Waals surface area (Å²) in [5, 5.41) is 9.16. The Morgan fingerprint density at radius 1 is 1.18 bits per heavy atom. The number of carbonyl (C=O) groups is 1. The van der Waals surface area contributed by atoms with Crippen molar-refractivity contribution < 1.29 is 31.2 Å². The number of nitrogens with one attached hydrogen (secondary N) is 1. The molecule has 2 aliphatic rings. The Morgan fingerprint density at radius 3 is 2.64 bits per heavy atom. The van der Waals surface area contributed by atoms with Crippen molar-refractivity contribution in [3.05, 3.63) is 42.0 Å². The van der Waals surface area contributed by atoms with Gasteiger partial charge in [0, 0.05) is 51.6 Å². The lowest BCUT2D eigenvalue weighted by Crippen LogP contribution is -2.62. The molecule has 12 nitrogen and oxygen atoms in total. The molecular weight excluding hydrogens is 566 g/mol. The van der Waals surface area contributed by atoms with Crippen LogP contribution < -0.4 is 5.48 Å². The summed E-state index contributed by atoms with van der Waals surface area (Å²) < 4.78 is 61.8. The van der Waals surface area contributed by atoms with E-state index in [9.17, 15) is 21.6 Å². The van der Waals surface area contributed by atoms with Crippen molar-refractivity contribution in [1.29, 1.82) is 5.26 Å². The number of sulfonamides is 1. The van der Waals surface area contributed by atoms with E-state index in [0.717, 1.165) is 48.2 Å². The summed E-state index contributed by atoms with van der Waals surface area (Å²) in [5.74, 6) is -0.789. The zero-order chi connectivity index (χ0) is 28.2. The van der Waals surface area contributed by atoms with Gasteiger partial charge in [-0.2, -0.15) is 26.6 Å². The predicted molar refractivity (Wildman–Crippen MR) is 144 cm³/mol. The van der Waals surface area contributed by atoms with Crippen LogP contribution in [0.15, 0.2) is 40.6 Å². The topological polar surface area (TPSA) is 149 Å². The Labute approximate surface area is 232 Å². The second kappa shape index (κ2) is 12.4. The minimum atomic E-state index is -4.20. The van der Waals surface area contributed by atoms with Gasteiger partial charge in [0.15, 0.2) is 6.29 Å². The van der Waals surface area contributed by atoms with E-state index in [1.54, 1.807) is 6.07 Å². The molecule has 39 heavy (non-hydrogen) atoms. The molecule has 1 unspecified atom stereocenters. The van der Waals surface area contributed by atoms with Crippen LogP contribution in [0.5, 0.6) is 0 Å². The van der Waals surface area contributed by atoms with Gasteiger partial charge in [0.2, 0.25) is 0 Å². The van der Waals surface area contributed by atoms with E-state index in [0.29, 0.717) is 17.9 Å². The second-order valence-corrected chi connectivity index (χ2v) is 14.6. The number of benzene rings is 1. The van der Waals surface area contributed by atoms with Crippen molar-refractivity contribution in [2.24, 2.45) is 0 Å². The van der Waals surface area contributed by atoms with Crippen LogP contribution in [0.1, 0.15) is 24.8 Å². The molecule has 0 saturated carbocycles. The molecule has 2 aromatic rings. The first kappa shape index (κ1) is 29.6. The molecule has 2 saturated heterocycles. The van der Waals surface area contributed by atoms with E-state index in [4.69, 9.17) is 14.8 Å². The molecule has 2 fully saturated rings. The molecule has 3 heterocycles. The molecule has 212 valence electrons. The highest BCUT2D eigenvalue weighted by molar-refractivity contribution is 7.91. The Hall–Kier alpha value is -2.42. The number of rotatable bonds is 9. The number of ether oxygens (including phenoxy) is 1. The first-order valence-corrected chi connectivity index (χ1v) is 16.0. The third-order valence-electron chi connectivity index (χ3n) is 6.51. The van der Waals surface area contributed by atoms with Gasteiger partial charge in [0.1, 0.15) is 10.3 Å². The summed E-state index contributed by atoms with van der Waals surface area (Å²) in [5.41, 5.74) is 3.82. The molecule has 0 bridgehead atoms. The standard InChI is InChI=1S/C24H31N5O7S3/c1-27(2)39(33,34)28-14-15-29(20(17-28)24(30)26-36-22-9-5-6-16-35-22)38(31,32)23-11-10-21(37-23)19-8-4-3-7-18(19)12-13-25/h3-4,7-8,10-11,20,22H,5-6,9,12,14-17H2,1-2H3,(H,26,30)/t20-,22?/m1/s1. The fraction of sp³-hybridized carbons (Fsp3) is 0.500. The van der Waals surface area contributed by atoms with Crippen LogP contribution >= 0.6 is 11.3 Å². The SMILES string of the molecule is CN(C)S(=O)(=O)N1CCN(S(=O)(=O)c2ccc(-c3ccccc3CC#N)s2)[C@@H](C(=O)NOC2CCCCO2)C1. The largest absolute Gasteiger partial charge is 0.350 e. The molecule has 0 spiro atoms. The average Bonchev–Trinajstić information content (AvgIpc) is 3.43. The van der Waals surface area contributed by atoms with E-state index < -0.39 is 38.5 Å². The van der Waals surface area contributed by atoms with E-state index >= 15 is 0 Å². The van der Waals surface area contributed by atoms with Gasteiger partial charge in [-0.1, -0.05) is 24.3 Å². The van der Waals surface area contributed by atoms with Crippen molar-refractivity contribution in [1.82, 2.24) is 18.4 Å². The summed E-state index contributed by atoms with van der Waals surface area (Å²) >= 11 is 1.03. The molecule has 2 atom stereocenters. The molecule has 1 amide bonds. The number of nitriles is 1. The highest BCUT2D eigenvalue weighted by Crippen LogP contribution is 2.35. The molecule has 4 rings (SSSR count). The van der Waals surface area contributed by atoms with Gasteiger partial charge >= 0.3 is 0 Å². The Bertz CT molecular complexity index is 1430. The van der Waals surface area contributed by atoms with Gasteiger partial charge in [0.05, 0.1) is 12.5 Å². The van der Waals surface area contributed by atoms with Crippen molar-refractivity contribution >= 4 is 37.5 Å². The zero-order valence-corrected chi connectivity index (χ0v) is 24.1. The monoisotopic (exact) mass is 597 g/mol. The normalized spacial score (nSPS) is 21.5. The third-order valence-corrected chi connectivity index (χ3v) is 11.9. The predicted octanol–water partition coefficient (Wildman–Crippen LogP) is 1.54.